The first-order valence-corrected chi connectivity index (χ1v) is 7.30. The summed E-state index contributed by atoms with van der Waals surface area (Å²) in [5.41, 5.74) is 6.57. The number of aliphatic hydroxyl groups excluding tert-OH is 1. The van der Waals surface area contributed by atoms with Crippen LogP contribution in [-0.2, 0) is 9.59 Å². The number of likely N-dealkylation sites (tertiary alicyclic amines) is 1. The molecule has 3 atom stereocenters. The fourth-order valence-corrected chi connectivity index (χ4v) is 2.79. The van der Waals surface area contributed by atoms with Gasteiger partial charge in [0.25, 0.3) is 0 Å². The van der Waals surface area contributed by atoms with Crippen molar-refractivity contribution >= 4 is 11.7 Å². The Morgan fingerprint density at radius 1 is 1.50 bits per heavy atom. The lowest BCUT2D eigenvalue weighted by atomic mass is 9.94. The van der Waals surface area contributed by atoms with Gasteiger partial charge in [0, 0.05) is 19.5 Å². The quantitative estimate of drug-likeness (QED) is 0.708. The highest BCUT2D eigenvalue weighted by Crippen LogP contribution is 2.25. The van der Waals surface area contributed by atoms with Crippen LogP contribution in [0.25, 0.3) is 0 Å². The van der Waals surface area contributed by atoms with Gasteiger partial charge in [-0.3, -0.25) is 9.59 Å². The molecule has 1 aliphatic heterocycles. The molecule has 20 heavy (non-hydrogen) atoms. The molecule has 1 heterocycles. The zero-order chi connectivity index (χ0) is 15.3. The second kappa shape index (κ2) is 7.55. The van der Waals surface area contributed by atoms with Gasteiger partial charge >= 0.3 is 0 Å². The Balaban J connectivity index is 2.86. The first-order chi connectivity index (χ1) is 9.42. The number of hydrogen-bond donors (Lipinski definition) is 2. The lowest BCUT2D eigenvalue weighted by molar-refractivity contribution is -0.139. The molecule has 1 amide bonds. The minimum Gasteiger partial charge on any atom is -0.391 e. The van der Waals surface area contributed by atoms with Gasteiger partial charge in [-0.1, -0.05) is 25.0 Å². The van der Waals surface area contributed by atoms with E-state index >= 15 is 0 Å². The van der Waals surface area contributed by atoms with Crippen LogP contribution in [-0.4, -0.2) is 46.9 Å². The number of carbonyl (C=O) groups excluding carboxylic acids is 2. The van der Waals surface area contributed by atoms with Gasteiger partial charge in [-0.2, -0.15) is 0 Å². The molecule has 1 rings (SSSR count). The van der Waals surface area contributed by atoms with Gasteiger partial charge in [0.2, 0.25) is 5.91 Å². The number of rotatable bonds is 6. The largest absolute Gasteiger partial charge is 0.391 e. The Bertz CT molecular complexity index is 393. The van der Waals surface area contributed by atoms with Gasteiger partial charge in [0.05, 0.1) is 18.1 Å². The molecule has 0 radical (unpaired) electrons. The minimum absolute atomic E-state index is 0.0676. The van der Waals surface area contributed by atoms with E-state index < -0.39 is 12.1 Å². The van der Waals surface area contributed by atoms with Gasteiger partial charge in [-0.25, -0.2) is 0 Å². The van der Waals surface area contributed by atoms with Crippen LogP contribution in [0.15, 0.2) is 11.6 Å². The van der Waals surface area contributed by atoms with E-state index in [2.05, 4.69) is 6.92 Å². The van der Waals surface area contributed by atoms with Gasteiger partial charge < -0.3 is 15.7 Å². The Labute approximate surface area is 120 Å². The summed E-state index contributed by atoms with van der Waals surface area (Å²) in [6.07, 6.45) is 3.40. The van der Waals surface area contributed by atoms with E-state index in [1.54, 1.807) is 0 Å². The number of ketones is 1. The molecule has 0 bridgehead atoms. The standard InChI is InChI=1S/C15H26N2O3/c1-4-5-12(6-7-16)10(2)15(20)17-9-13(19)8-14(17)11(3)18/h6,10,13-14,19H,4-5,7-9,16H2,1-3H3/b12-6+/t10?,13-,14+/m1/s1. The second-order valence-corrected chi connectivity index (χ2v) is 5.49. The van der Waals surface area contributed by atoms with Crippen molar-refractivity contribution in [2.75, 3.05) is 13.1 Å². The third-order valence-electron chi connectivity index (χ3n) is 3.88. The summed E-state index contributed by atoms with van der Waals surface area (Å²) < 4.78 is 0. The average molecular weight is 282 g/mol. The Hall–Kier alpha value is -1.20. The molecule has 0 saturated carbocycles. The summed E-state index contributed by atoms with van der Waals surface area (Å²) in [4.78, 5) is 25.7. The van der Waals surface area contributed by atoms with E-state index in [9.17, 15) is 14.7 Å². The first-order valence-electron chi connectivity index (χ1n) is 7.30. The summed E-state index contributed by atoms with van der Waals surface area (Å²) in [6.45, 7) is 6.03. The maximum absolute atomic E-state index is 12.6. The van der Waals surface area contributed by atoms with Crippen molar-refractivity contribution in [2.24, 2.45) is 11.7 Å². The molecule has 0 aromatic rings. The zero-order valence-corrected chi connectivity index (χ0v) is 12.6. The number of β-amino-alcohol motifs (C(OH)–C–C–N with tert-alkyl or cyclic N) is 1. The summed E-state index contributed by atoms with van der Waals surface area (Å²) in [5.74, 6) is -0.442. The van der Waals surface area contributed by atoms with Gasteiger partial charge in [-0.05, 0) is 20.3 Å². The number of nitrogens with two attached hydrogens (primary N) is 1. The smallest absolute Gasteiger partial charge is 0.230 e. The summed E-state index contributed by atoms with van der Waals surface area (Å²) in [5, 5.41) is 9.71. The van der Waals surface area contributed by atoms with Gasteiger partial charge in [-0.15, -0.1) is 0 Å². The average Bonchev–Trinajstić information content (AvgIpc) is 2.79. The van der Waals surface area contributed by atoms with E-state index in [1.807, 2.05) is 13.0 Å². The molecular weight excluding hydrogens is 256 g/mol. The number of nitrogens with zero attached hydrogens (tertiary/aromatic N) is 1. The van der Waals surface area contributed by atoms with Crippen LogP contribution in [0.1, 0.15) is 40.0 Å². The molecule has 5 nitrogen and oxygen atoms in total. The molecule has 114 valence electrons. The zero-order valence-electron chi connectivity index (χ0n) is 12.6. The first kappa shape index (κ1) is 16.9. The monoisotopic (exact) mass is 282 g/mol. The molecule has 0 spiro atoms. The second-order valence-electron chi connectivity index (χ2n) is 5.49. The van der Waals surface area contributed by atoms with E-state index in [1.165, 1.54) is 11.8 Å². The molecule has 0 aromatic heterocycles. The topological polar surface area (TPSA) is 83.6 Å². The molecule has 5 heteroatoms. The fraction of sp³-hybridized carbons (Fsp3) is 0.733. The molecule has 0 aliphatic carbocycles. The molecule has 1 saturated heterocycles. The number of amides is 1. The van der Waals surface area contributed by atoms with E-state index in [-0.39, 0.29) is 24.2 Å². The molecule has 0 aromatic carbocycles. The third kappa shape index (κ3) is 3.90. The molecule has 1 unspecified atom stereocenters. The number of Topliss-reactive ketones (excluding diaryl/α,β-unsaturated/α-hetero) is 1. The number of aliphatic hydroxyl groups is 1. The predicted molar refractivity (Wildman–Crippen MR) is 78.0 cm³/mol. The number of carbonyl (C=O) groups is 2. The van der Waals surface area contributed by atoms with Crippen LogP contribution in [0.4, 0.5) is 0 Å². The highest BCUT2D eigenvalue weighted by atomic mass is 16.3. The summed E-state index contributed by atoms with van der Waals surface area (Å²) in [6, 6.07) is -0.485. The van der Waals surface area contributed by atoms with Gasteiger partial charge in [0.15, 0.2) is 5.78 Å². The van der Waals surface area contributed by atoms with Crippen LogP contribution in [0.3, 0.4) is 0 Å². The molecule has 1 fully saturated rings. The SMILES string of the molecule is CCC/C(=C\CN)C(C)C(=O)N1C[C@H](O)C[C@H]1C(C)=O. The summed E-state index contributed by atoms with van der Waals surface area (Å²) in [7, 11) is 0. The maximum Gasteiger partial charge on any atom is 0.230 e. The van der Waals surface area contributed by atoms with Gasteiger partial charge in [0.1, 0.15) is 0 Å². The van der Waals surface area contributed by atoms with Crippen molar-refractivity contribution in [3.8, 4) is 0 Å². The van der Waals surface area contributed by atoms with Crippen molar-refractivity contribution in [3.05, 3.63) is 11.6 Å². The van der Waals surface area contributed by atoms with Crippen LogP contribution < -0.4 is 5.73 Å². The van der Waals surface area contributed by atoms with Crippen LogP contribution in [0.5, 0.6) is 0 Å². The van der Waals surface area contributed by atoms with Crippen molar-refractivity contribution in [2.45, 2.75) is 52.2 Å². The molecule has 1 aliphatic rings. The minimum atomic E-state index is -0.604. The Morgan fingerprint density at radius 2 is 2.15 bits per heavy atom. The highest BCUT2D eigenvalue weighted by Gasteiger charge is 2.38. The number of hydrogen-bond acceptors (Lipinski definition) is 4. The highest BCUT2D eigenvalue weighted by molar-refractivity contribution is 5.90. The fourth-order valence-electron chi connectivity index (χ4n) is 2.79. The normalized spacial score (nSPS) is 24.9. The van der Waals surface area contributed by atoms with Crippen LogP contribution in [0.2, 0.25) is 0 Å². The van der Waals surface area contributed by atoms with Crippen molar-refractivity contribution < 1.29 is 14.7 Å². The van der Waals surface area contributed by atoms with E-state index in [0.717, 1.165) is 18.4 Å². The van der Waals surface area contributed by atoms with E-state index in [0.29, 0.717) is 13.0 Å². The molecular formula is C15H26N2O3. The third-order valence-corrected chi connectivity index (χ3v) is 3.88. The van der Waals surface area contributed by atoms with Crippen molar-refractivity contribution in [1.82, 2.24) is 4.90 Å². The lowest BCUT2D eigenvalue weighted by Gasteiger charge is -2.27. The van der Waals surface area contributed by atoms with Crippen LogP contribution in [0, 0.1) is 5.92 Å². The van der Waals surface area contributed by atoms with E-state index in [4.69, 9.17) is 5.73 Å². The van der Waals surface area contributed by atoms with Crippen LogP contribution >= 0.6 is 0 Å². The summed E-state index contributed by atoms with van der Waals surface area (Å²) >= 11 is 0. The van der Waals surface area contributed by atoms with Crippen molar-refractivity contribution in [3.63, 3.8) is 0 Å². The lowest BCUT2D eigenvalue weighted by Crippen LogP contribution is -2.43. The molecule has 3 N–H and O–H groups in total. The maximum atomic E-state index is 12.6. The van der Waals surface area contributed by atoms with Crippen molar-refractivity contribution in [1.29, 1.82) is 0 Å². The Morgan fingerprint density at radius 3 is 2.65 bits per heavy atom. The Kier molecular flexibility index (Phi) is 6.36. The predicted octanol–water partition coefficient (Wildman–Crippen LogP) is 0.858.